The molecule has 0 atom stereocenters. The molecule has 3 rings (SSSR count). The van der Waals surface area contributed by atoms with E-state index in [1.807, 2.05) is 6.92 Å². The number of aryl methyl sites for hydroxylation is 1. The monoisotopic (exact) mass is 388 g/mol. The van der Waals surface area contributed by atoms with E-state index in [1.54, 1.807) is 0 Å². The van der Waals surface area contributed by atoms with E-state index >= 15 is 0 Å². The van der Waals surface area contributed by atoms with Crippen LogP contribution in [0.2, 0.25) is 0 Å². The molecule has 0 saturated carbocycles. The van der Waals surface area contributed by atoms with Gasteiger partial charge in [-0.1, -0.05) is 18.3 Å². The Labute approximate surface area is 147 Å². The lowest BCUT2D eigenvalue weighted by molar-refractivity contribution is 0.0730. The first kappa shape index (κ1) is 17.4. The van der Waals surface area contributed by atoms with Crippen LogP contribution in [-0.2, 0) is 21.2 Å². The van der Waals surface area contributed by atoms with Gasteiger partial charge in [-0.05, 0) is 12.5 Å². The van der Waals surface area contributed by atoms with Crippen molar-refractivity contribution in [3.05, 3.63) is 21.3 Å². The van der Waals surface area contributed by atoms with Gasteiger partial charge in [-0.25, -0.2) is 8.42 Å². The number of morpholine rings is 1. The predicted octanol–water partition coefficient (Wildman–Crippen LogP) is 1.44. The summed E-state index contributed by atoms with van der Waals surface area (Å²) in [4.78, 5) is 12.7. The third-order valence-electron chi connectivity index (χ3n) is 3.40. The van der Waals surface area contributed by atoms with Crippen molar-refractivity contribution in [2.24, 2.45) is 0 Å². The molecular formula is C13H16N4O4S3. The number of nitrogens with zero attached hydrogens (tertiary/aromatic N) is 3. The SMILES string of the molecule is CCc1nnc(NC(=O)c2cc(S(=O)(=O)N3CCOCC3)cs2)s1. The summed E-state index contributed by atoms with van der Waals surface area (Å²) >= 11 is 2.39. The second kappa shape index (κ2) is 7.23. The summed E-state index contributed by atoms with van der Waals surface area (Å²) in [5.41, 5.74) is 0. The van der Waals surface area contributed by atoms with Crippen LogP contribution < -0.4 is 5.32 Å². The minimum Gasteiger partial charge on any atom is -0.379 e. The largest absolute Gasteiger partial charge is 0.379 e. The average molecular weight is 388 g/mol. The van der Waals surface area contributed by atoms with Gasteiger partial charge in [-0.3, -0.25) is 10.1 Å². The van der Waals surface area contributed by atoms with E-state index in [2.05, 4.69) is 15.5 Å². The van der Waals surface area contributed by atoms with E-state index in [9.17, 15) is 13.2 Å². The number of rotatable bonds is 5. The van der Waals surface area contributed by atoms with Crippen molar-refractivity contribution in [3.63, 3.8) is 0 Å². The molecule has 1 saturated heterocycles. The smallest absolute Gasteiger partial charge is 0.267 e. The molecule has 2 aromatic rings. The number of hydrogen-bond donors (Lipinski definition) is 1. The number of nitrogens with one attached hydrogen (secondary N) is 1. The first-order valence-corrected chi connectivity index (χ1v) is 10.4. The molecule has 1 fully saturated rings. The standard InChI is InChI=1S/C13H16N4O4S3/c1-2-11-15-16-13(23-11)14-12(18)10-7-9(8-22-10)24(19,20)17-3-5-21-6-4-17/h7-8H,2-6H2,1H3,(H,14,16,18). The van der Waals surface area contributed by atoms with Crippen LogP contribution in [0.3, 0.4) is 0 Å². The van der Waals surface area contributed by atoms with E-state index < -0.39 is 10.0 Å². The molecule has 1 aliphatic heterocycles. The van der Waals surface area contributed by atoms with Crippen LogP contribution in [0.5, 0.6) is 0 Å². The van der Waals surface area contributed by atoms with Crippen molar-refractivity contribution in [3.8, 4) is 0 Å². The molecule has 0 radical (unpaired) electrons. The topological polar surface area (TPSA) is 101 Å². The molecule has 1 amide bonds. The molecule has 1 aliphatic rings. The van der Waals surface area contributed by atoms with E-state index in [4.69, 9.17) is 4.74 Å². The Hall–Kier alpha value is -1.40. The van der Waals surface area contributed by atoms with E-state index in [-0.39, 0.29) is 10.8 Å². The summed E-state index contributed by atoms with van der Waals surface area (Å²) in [5.74, 6) is -0.387. The lowest BCUT2D eigenvalue weighted by Crippen LogP contribution is -2.40. The van der Waals surface area contributed by atoms with Crippen molar-refractivity contribution >= 4 is 43.7 Å². The molecule has 0 unspecified atom stereocenters. The molecule has 24 heavy (non-hydrogen) atoms. The van der Waals surface area contributed by atoms with Crippen LogP contribution in [0.4, 0.5) is 5.13 Å². The Morgan fingerprint density at radius 3 is 2.79 bits per heavy atom. The fourth-order valence-electron chi connectivity index (χ4n) is 2.11. The zero-order chi connectivity index (χ0) is 17.2. The van der Waals surface area contributed by atoms with Crippen molar-refractivity contribution in [2.45, 2.75) is 18.2 Å². The van der Waals surface area contributed by atoms with Gasteiger partial charge in [-0.15, -0.1) is 21.5 Å². The van der Waals surface area contributed by atoms with Crippen LogP contribution in [0, 0.1) is 0 Å². The van der Waals surface area contributed by atoms with Crippen molar-refractivity contribution in [1.29, 1.82) is 0 Å². The predicted molar refractivity (Wildman–Crippen MR) is 91.1 cm³/mol. The summed E-state index contributed by atoms with van der Waals surface area (Å²) < 4.78 is 31.6. The third kappa shape index (κ3) is 3.64. The average Bonchev–Trinajstić information content (AvgIpc) is 3.25. The van der Waals surface area contributed by atoms with Gasteiger partial charge >= 0.3 is 0 Å². The lowest BCUT2D eigenvalue weighted by Gasteiger charge is -2.25. The second-order valence-electron chi connectivity index (χ2n) is 4.97. The fourth-order valence-corrected chi connectivity index (χ4v) is 5.35. The van der Waals surface area contributed by atoms with Gasteiger partial charge in [0.05, 0.1) is 23.0 Å². The van der Waals surface area contributed by atoms with E-state index in [1.165, 1.54) is 27.1 Å². The maximum absolute atomic E-state index is 12.5. The fraction of sp³-hybridized carbons (Fsp3) is 0.462. The van der Waals surface area contributed by atoms with Gasteiger partial charge in [-0.2, -0.15) is 4.31 Å². The highest BCUT2D eigenvalue weighted by atomic mass is 32.2. The molecule has 8 nitrogen and oxygen atoms in total. The quantitative estimate of drug-likeness (QED) is 0.832. The third-order valence-corrected chi connectivity index (χ3v) is 7.33. The Morgan fingerprint density at radius 2 is 2.12 bits per heavy atom. The van der Waals surface area contributed by atoms with Gasteiger partial charge in [0, 0.05) is 18.5 Å². The van der Waals surface area contributed by atoms with Crippen LogP contribution in [0.1, 0.15) is 21.6 Å². The number of anilines is 1. The molecule has 3 heterocycles. The summed E-state index contributed by atoms with van der Waals surface area (Å²) in [5, 5.41) is 13.2. The molecule has 130 valence electrons. The number of ether oxygens (including phenoxy) is 1. The maximum atomic E-state index is 12.5. The summed E-state index contributed by atoms with van der Waals surface area (Å²) in [7, 11) is -3.59. The molecule has 0 spiro atoms. The Morgan fingerprint density at radius 1 is 1.38 bits per heavy atom. The minimum atomic E-state index is -3.59. The first-order chi connectivity index (χ1) is 11.5. The molecule has 11 heteroatoms. The van der Waals surface area contributed by atoms with Gasteiger partial charge in [0.1, 0.15) is 5.01 Å². The minimum absolute atomic E-state index is 0.131. The van der Waals surface area contributed by atoms with E-state index in [0.717, 1.165) is 22.8 Å². The normalized spacial score (nSPS) is 16.2. The Kier molecular flexibility index (Phi) is 5.25. The zero-order valence-electron chi connectivity index (χ0n) is 12.9. The highest BCUT2D eigenvalue weighted by Gasteiger charge is 2.28. The van der Waals surface area contributed by atoms with Crippen LogP contribution in [0.15, 0.2) is 16.3 Å². The lowest BCUT2D eigenvalue weighted by atomic mass is 10.4. The second-order valence-corrected chi connectivity index (χ2v) is 8.88. The Balaban J connectivity index is 1.73. The Bertz CT molecular complexity index is 824. The number of sulfonamides is 1. The summed E-state index contributed by atoms with van der Waals surface area (Å²) in [6.45, 7) is 3.36. The van der Waals surface area contributed by atoms with Gasteiger partial charge in [0.15, 0.2) is 0 Å². The summed E-state index contributed by atoms with van der Waals surface area (Å²) in [6, 6.07) is 1.40. The molecular weight excluding hydrogens is 372 g/mol. The number of amides is 1. The van der Waals surface area contributed by atoms with Crippen LogP contribution in [-0.4, -0.2) is 55.1 Å². The number of thiophene rings is 1. The van der Waals surface area contributed by atoms with Gasteiger partial charge in [0.25, 0.3) is 5.91 Å². The molecule has 0 bridgehead atoms. The number of aromatic nitrogens is 2. The maximum Gasteiger partial charge on any atom is 0.267 e. The molecule has 1 N–H and O–H groups in total. The molecule has 0 aliphatic carbocycles. The molecule has 0 aromatic carbocycles. The van der Waals surface area contributed by atoms with Crippen molar-refractivity contribution in [1.82, 2.24) is 14.5 Å². The number of carbonyl (C=O) groups is 1. The number of carbonyl (C=O) groups excluding carboxylic acids is 1. The summed E-state index contributed by atoms with van der Waals surface area (Å²) in [6.07, 6.45) is 0.745. The van der Waals surface area contributed by atoms with Crippen molar-refractivity contribution in [2.75, 3.05) is 31.6 Å². The highest BCUT2D eigenvalue weighted by Crippen LogP contribution is 2.25. The molecule has 2 aromatic heterocycles. The van der Waals surface area contributed by atoms with Crippen molar-refractivity contribution < 1.29 is 17.9 Å². The van der Waals surface area contributed by atoms with E-state index in [0.29, 0.717) is 36.3 Å². The van der Waals surface area contributed by atoms with Gasteiger partial charge in [0.2, 0.25) is 15.2 Å². The number of hydrogen-bond acceptors (Lipinski definition) is 8. The zero-order valence-corrected chi connectivity index (χ0v) is 15.3. The highest BCUT2D eigenvalue weighted by molar-refractivity contribution is 7.89. The van der Waals surface area contributed by atoms with Crippen LogP contribution in [0.25, 0.3) is 0 Å². The van der Waals surface area contributed by atoms with Gasteiger partial charge < -0.3 is 4.74 Å². The van der Waals surface area contributed by atoms with Crippen LogP contribution >= 0.6 is 22.7 Å². The first-order valence-electron chi connectivity index (χ1n) is 7.31.